The lowest BCUT2D eigenvalue weighted by Gasteiger charge is -2.33. The smallest absolute Gasteiger partial charge is 0.341 e. The van der Waals surface area contributed by atoms with Crippen LogP contribution in [-0.4, -0.2) is 69.3 Å². The minimum absolute atomic E-state index is 0.123. The fourth-order valence-electron chi connectivity index (χ4n) is 4.06. The molecule has 2 heterocycles. The number of anilines is 1. The second kappa shape index (κ2) is 9.48. The number of ether oxygens (including phenoxy) is 1. The summed E-state index contributed by atoms with van der Waals surface area (Å²) in [5.74, 6) is -0.662. The molecule has 1 aromatic carbocycles. The Labute approximate surface area is 196 Å². The molecule has 1 aliphatic heterocycles. The molecule has 0 radical (unpaired) electrons. The molecule has 0 bridgehead atoms. The highest BCUT2D eigenvalue weighted by atomic mass is 35.5. The maximum Gasteiger partial charge on any atom is 0.341 e. The lowest BCUT2D eigenvalue weighted by atomic mass is 10.1. The van der Waals surface area contributed by atoms with Gasteiger partial charge in [0.2, 0.25) is 15.9 Å². The van der Waals surface area contributed by atoms with Crippen molar-refractivity contribution in [2.24, 2.45) is 0 Å². The van der Waals surface area contributed by atoms with Crippen molar-refractivity contribution in [1.29, 1.82) is 0 Å². The predicted molar refractivity (Wildman–Crippen MR) is 123 cm³/mol. The number of methoxy groups -OCH3 is 1. The second-order valence-corrected chi connectivity index (χ2v) is 11.2. The number of aryl methyl sites for hydroxylation is 1. The number of hydrogen-bond acceptors (Lipinski definition) is 7. The largest absolute Gasteiger partial charge is 0.465 e. The molecule has 8 nitrogen and oxygen atoms in total. The molecule has 1 amide bonds. The first-order valence-electron chi connectivity index (χ1n) is 10.3. The summed E-state index contributed by atoms with van der Waals surface area (Å²) in [7, 11) is -2.26. The fourth-order valence-corrected chi connectivity index (χ4v) is 6.90. The van der Waals surface area contributed by atoms with Gasteiger partial charge < -0.3 is 10.1 Å². The van der Waals surface area contributed by atoms with Crippen LogP contribution in [0.1, 0.15) is 27.2 Å². The van der Waals surface area contributed by atoms with E-state index in [-0.39, 0.29) is 17.3 Å². The fraction of sp³-hybridized carbons (Fsp3) is 0.429. The molecule has 32 heavy (non-hydrogen) atoms. The number of fused-ring (bicyclic) bond motifs is 1. The molecule has 0 spiro atoms. The number of sulfonamides is 1. The maximum absolute atomic E-state index is 12.8. The second-order valence-electron chi connectivity index (χ2n) is 7.74. The van der Waals surface area contributed by atoms with Crippen LogP contribution < -0.4 is 5.32 Å². The Bertz CT molecular complexity index is 1120. The topological polar surface area (TPSA) is 96.0 Å². The number of carbonyl (C=O) groups is 2. The number of piperazine rings is 1. The summed E-state index contributed by atoms with van der Waals surface area (Å²) in [6.45, 7) is 1.58. The summed E-state index contributed by atoms with van der Waals surface area (Å²) >= 11 is 7.29. The Balaban J connectivity index is 1.36. The highest BCUT2D eigenvalue weighted by Crippen LogP contribution is 2.39. The van der Waals surface area contributed by atoms with Crippen LogP contribution >= 0.6 is 22.9 Å². The molecule has 0 saturated carbocycles. The highest BCUT2D eigenvalue weighted by Gasteiger charge is 2.31. The van der Waals surface area contributed by atoms with Crippen molar-refractivity contribution < 1.29 is 22.7 Å². The van der Waals surface area contributed by atoms with Crippen LogP contribution in [0, 0.1) is 0 Å². The Morgan fingerprint density at radius 2 is 1.81 bits per heavy atom. The molecular weight excluding hydrogens is 474 g/mol. The predicted octanol–water partition coefficient (Wildman–Crippen LogP) is 2.62. The number of hydrogen-bond donors (Lipinski definition) is 1. The number of thiophene rings is 1. The first-order chi connectivity index (χ1) is 15.3. The average molecular weight is 498 g/mol. The molecule has 1 fully saturated rings. The molecule has 1 N–H and O–H groups in total. The summed E-state index contributed by atoms with van der Waals surface area (Å²) in [6, 6.07) is 6.10. The summed E-state index contributed by atoms with van der Waals surface area (Å²) in [5.41, 5.74) is 1.45. The molecule has 2 aliphatic rings. The molecule has 1 aromatic heterocycles. The number of nitrogens with zero attached hydrogens (tertiary/aromatic N) is 2. The molecule has 4 rings (SSSR count). The summed E-state index contributed by atoms with van der Waals surface area (Å²) in [5, 5.41) is 3.88. The third-order valence-electron chi connectivity index (χ3n) is 5.71. The van der Waals surface area contributed by atoms with E-state index in [1.807, 2.05) is 4.90 Å². The van der Waals surface area contributed by atoms with E-state index >= 15 is 0 Å². The number of carbonyl (C=O) groups excluding carboxylic acids is 2. The third-order valence-corrected chi connectivity index (χ3v) is 9.09. The molecule has 0 atom stereocenters. The summed E-state index contributed by atoms with van der Waals surface area (Å²) < 4.78 is 32.0. The molecule has 1 saturated heterocycles. The van der Waals surface area contributed by atoms with E-state index in [4.69, 9.17) is 16.3 Å². The van der Waals surface area contributed by atoms with Gasteiger partial charge in [-0.1, -0.05) is 11.6 Å². The Kier molecular flexibility index (Phi) is 6.87. The van der Waals surface area contributed by atoms with Gasteiger partial charge in [0.05, 0.1) is 24.1 Å². The van der Waals surface area contributed by atoms with Crippen molar-refractivity contribution in [2.75, 3.05) is 45.2 Å². The van der Waals surface area contributed by atoms with Crippen LogP contribution in [-0.2, 0) is 32.4 Å². The zero-order valence-corrected chi connectivity index (χ0v) is 20.0. The van der Waals surface area contributed by atoms with E-state index in [2.05, 4.69) is 5.32 Å². The van der Waals surface area contributed by atoms with E-state index in [0.29, 0.717) is 41.8 Å². The number of rotatable bonds is 6. The lowest BCUT2D eigenvalue weighted by molar-refractivity contribution is -0.117. The quantitative estimate of drug-likeness (QED) is 0.616. The van der Waals surface area contributed by atoms with Crippen molar-refractivity contribution in [1.82, 2.24) is 9.21 Å². The number of esters is 1. The highest BCUT2D eigenvalue weighted by molar-refractivity contribution is 7.89. The van der Waals surface area contributed by atoms with Gasteiger partial charge in [-0.15, -0.1) is 11.3 Å². The van der Waals surface area contributed by atoms with Crippen LogP contribution in [0.4, 0.5) is 5.00 Å². The molecule has 1 aliphatic carbocycles. The molecule has 2 aromatic rings. The van der Waals surface area contributed by atoms with Crippen molar-refractivity contribution >= 4 is 49.8 Å². The van der Waals surface area contributed by atoms with Gasteiger partial charge >= 0.3 is 5.97 Å². The van der Waals surface area contributed by atoms with Gasteiger partial charge in [-0.25, -0.2) is 13.2 Å². The van der Waals surface area contributed by atoms with E-state index in [9.17, 15) is 18.0 Å². The van der Waals surface area contributed by atoms with Crippen molar-refractivity contribution in [3.8, 4) is 0 Å². The zero-order valence-electron chi connectivity index (χ0n) is 17.6. The molecule has 172 valence electrons. The van der Waals surface area contributed by atoms with Crippen molar-refractivity contribution in [2.45, 2.75) is 24.2 Å². The molecule has 0 unspecified atom stereocenters. The van der Waals surface area contributed by atoms with Gasteiger partial charge in [0.15, 0.2) is 0 Å². The number of amides is 1. The SMILES string of the molecule is COC(=O)c1c(NC(=O)CN2CCN(S(=O)(=O)c3ccc(Cl)cc3)CC2)sc2c1CCC2. The van der Waals surface area contributed by atoms with Gasteiger partial charge in [0.1, 0.15) is 5.00 Å². The lowest BCUT2D eigenvalue weighted by Crippen LogP contribution is -2.50. The van der Waals surface area contributed by atoms with Crippen LogP contribution in [0.3, 0.4) is 0 Å². The van der Waals surface area contributed by atoms with Gasteiger partial charge in [0, 0.05) is 36.1 Å². The third kappa shape index (κ3) is 4.69. The maximum atomic E-state index is 12.8. The van der Waals surface area contributed by atoms with Crippen LogP contribution in [0.2, 0.25) is 5.02 Å². The number of nitrogens with one attached hydrogen (secondary N) is 1. The van der Waals surface area contributed by atoms with Crippen molar-refractivity contribution in [3.63, 3.8) is 0 Å². The van der Waals surface area contributed by atoms with Crippen LogP contribution in [0.5, 0.6) is 0 Å². The van der Waals surface area contributed by atoms with Crippen molar-refractivity contribution in [3.05, 3.63) is 45.3 Å². The monoisotopic (exact) mass is 497 g/mol. The van der Waals surface area contributed by atoms with Gasteiger partial charge in [-0.2, -0.15) is 4.31 Å². The van der Waals surface area contributed by atoms with E-state index < -0.39 is 16.0 Å². The van der Waals surface area contributed by atoms with Gasteiger partial charge in [-0.3, -0.25) is 9.69 Å². The number of halogens is 1. The Morgan fingerprint density at radius 3 is 2.47 bits per heavy atom. The Morgan fingerprint density at radius 1 is 1.12 bits per heavy atom. The van der Waals surface area contributed by atoms with E-state index in [1.54, 1.807) is 12.1 Å². The normalized spacial score (nSPS) is 17.2. The van der Waals surface area contributed by atoms with Gasteiger partial charge in [-0.05, 0) is 49.1 Å². The van der Waals surface area contributed by atoms with Crippen LogP contribution in [0.25, 0.3) is 0 Å². The zero-order chi connectivity index (χ0) is 22.9. The minimum Gasteiger partial charge on any atom is -0.465 e. The molecular formula is C21H24ClN3O5S2. The molecule has 11 heteroatoms. The summed E-state index contributed by atoms with van der Waals surface area (Å²) in [6.07, 6.45) is 2.72. The van der Waals surface area contributed by atoms with Gasteiger partial charge in [0.25, 0.3) is 0 Å². The van der Waals surface area contributed by atoms with Crippen LogP contribution in [0.15, 0.2) is 29.2 Å². The average Bonchev–Trinajstić information content (AvgIpc) is 3.34. The standard InChI is InChI=1S/C21H24ClN3O5S2/c1-30-21(27)19-16-3-2-4-17(16)31-20(19)23-18(26)13-24-9-11-25(12-10-24)32(28,29)15-7-5-14(22)6-8-15/h5-8H,2-4,9-13H2,1H3,(H,23,26). The first-order valence-corrected chi connectivity index (χ1v) is 12.9. The van der Waals surface area contributed by atoms with E-state index in [1.165, 1.54) is 34.9 Å². The number of benzene rings is 1. The minimum atomic E-state index is -3.60. The Hall–Kier alpha value is -1.98. The summed E-state index contributed by atoms with van der Waals surface area (Å²) in [4.78, 5) is 28.1. The first kappa shape index (κ1) is 23.2. The van der Waals surface area contributed by atoms with E-state index in [0.717, 1.165) is 29.7 Å².